The molecule has 2 aromatic heterocycles. The van der Waals surface area contributed by atoms with Crippen LogP contribution in [0.1, 0.15) is 23.9 Å². The number of anilines is 1. The van der Waals surface area contributed by atoms with Gasteiger partial charge in [-0.05, 0) is 30.2 Å². The number of fused-ring (bicyclic) bond motifs is 4. The van der Waals surface area contributed by atoms with Crippen LogP contribution in [0.4, 0.5) is 10.1 Å². The largest absolute Gasteiger partial charge is 0.479 e. The molecule has 2 aromatic carbocycles. The van der Waals surface area contributed by atoms with Crippen LogP contribution < -0.4 is 4.90 Å². The number of nitrogens with zero attached hydrogens (tertiary/aromatic N) is 6. The molecule has 8 nitrogen and oxygen atoms in total. The SMILES string of the molecule is O=C(O)C(c1ncn2c1C[C@@H](F)C2)n1cc2c(Cl)cc(-c3ccc(N4CCN5CCC4C5)cc3)c(Cl)c2n1. The van der Waals surface area contributed by atoms with Gasteiger partial charge in [-0.2, -0.15) is 5.10 Å². The van der Waals surface area contributed by atoms with Crippen molar-refractivity contribution in [3.05, 3.63) is 64.3 Å². The van der Waals surface area contributed by atoms with Crippen molar-refractivity contribution in [3.8, 4) is 11.1 Å². The first-order valence-corrected chi connectivity index (χ1v) is 13.5. The van der Waals surface area contributed by atoms with E-state index in [1.165, 1.54) is 29.7 Å². The number of aliphatic carboxylic acids is 1. The predicted molar refractivity (Wildman–Crippen MR) is 144 cm³/mol. The van der Waals surface area contributed by atoms with E-state index in [1.807, 2.05) is 12.1 Å². The molecule has 196 valence electrons. The standard InChI is InChI=1S/C27H25Cl2FN6O2/c28-21-10-19(15-1-3-17(4-2-15)35-8-7-33-6-5-18(35)12-33)23(29)24-20(21)13-36(32-24)26(27(37)38)25-22-9-16(30)11-34(22)14-31-25/h1-4,10,13-14,16,18,26H,5-9,11-12H2,(H,37,38)/t16-,18?,26?/m1/s1. The van der Waals surface area contributed by atoms with Gasteiger partial charge in [0.05, 0.1) is 28.6 Å². The molecule has 2 saturated heterocycles. The van der Waals surface area contributed by atoms with Crippen LogP contribution in [-0.2, 0) is 17.8 Å². The van der Waals surface area contributed by atoms with E-state index in [4.69, 9.17) is 23.2 Å². The predicted octanol–water partition coefficient (Wildman–Crippen LogP) is 4.67. The first-order chi connectivity index (χ1) is 18.4. The third-order valence-electron chi connectivity index (χ3n) is 8.11. The van der Waals surface area contributed by atoms with Crippen molar-refractivity contribution >= 4 is 45.8 Å². The lowest BCUT2D eigenvalue weighted by molar-refractivity contribution is -0.139. The minimum absolute atomic E-state index is 0.123. The molecule has 1 N–H and O–H groups in total. The van der Waals surface area contributed by atoms with Gasteiger partial charge in [0.1, 0.15) is 11.7 Å². The molecular weight excluding hydrogens is 530 g/mol. The quantitative estimate of drug-likeness (QED) is 0.386. The van der Waals surface area contributed by atoms with E-state index in [1.54, 1.807) is 16.8 Å². The van der Waals surface area contributed by atoms with Crippen molar-refractivity contribution in [2.24, 2.45) is 0 Å². The van der Waals surface area contributed by atoms with Crippen LogP contribution in [0, 0.1) is 0 Å². The van der Waals surface area contributed by atoms with Gasteiger partial charge in [0, 0.05) is 67.2 Å². The summed E-state index contributed by atoms with van der Waals surface area (Å²) >= 11 is 13.5. The second-order valence-corrected chi connectivity index (χ2v) is 11.1. The number of alkyl halides is 1. The third-order valence-corrected chi connectivity index (χ3v) is 8.80. The van der Waals surface area contributed by atoms with Crippen molar-refractivity contribution in [1.82, 2.24) is 24.2 Å². The first kappa shape index (κ1) is 23.9. The van der Waals surface area contributed by atoms with E-state index in [0.717, 1.165) is 30.8 Å². The van der Waals surface area contributed by atoms with Gasteiger partial charge in [-0.15, -0.1) is 0 Å². The Morgan fingerprint density at radius 1 is 1.13 bits per heavy atom. The molecule has 7 rings (SSSR count). The number of hydrogen-bond acceptors (Lipinski definition) is 5. The van der Waals surface area contributed by atoms with Crippen molar-refractivity contribution in [2.75, 3.05) is 31.1 Å². The highest BCUT2D eigenvalue weighted by Crippen LogP contribution is 2.40. The number of piperazine rings is 1. The minimum Gasteiger partial charge on any atom is -0.479 e. The second kappa shape index (κ2) is 8.97. The van der Waals surface area contributed by atoms with Gasteiger partial charge in [0.15, 0.2) is 6.04 Å². The number of carboxylic acid groups (broad SMARTS) is 1. The number of carbonyl (C=O) groups is 1. The summed E-state index contributed by atoms with van der Waals surface area (Å²) in [6.07, 6.45) is 3.31. The average Bonchev–Trinajstić information content (AvgIpc) is 3.67. The molecule has 3 aliphatic rings. The number of rotatable bonds is 5. The van der Waals surface area contributed by atoms with E-state index in [9.17, 15) is 14.3 Å². The Morgan fingerprint density at radius 2 is 1.95 bits per heavy atom. The van der Waals surface area contributed by atoms with Crippen LogP contribution in [0.25, 0.3) is 22.0 Å². The number of carboxylic acids is 1. The van der Waals surface area contributed by atoms with Gasteiger partial charge in [-0.3, -0.25) is 9.58 Å². The fraction of sp³-hybridized carbons (Fsp3) is 0.370. The molecule has 0 spiro atoms. The van der Waals surface area contributed by atoms with Crippen molar-refractivity contribution in [3.63, 3.8) is 0 Å². The lowest BCUT2D eigenvalue weighted by Crippen LogP contribution is -2.46. The van der Waals surface area contributed by atoms with E-state index in [0.29, 0.717) is 32.7 Å². The number of aromatic nitrogens is 4. The summed E-state index contributed by atoms with van der Waals surface area (Å²) in [7, 11) is 0. The Morgan fingerprint density at radius 3 is 2.74 bits per heavy atom. The molecule has 4 atom stereocenters. The normalized spacial score (nSPS) is 23.2. The molecule has 38 heavy (non-hydrogen) atoms. The molecule has 0 amide bonds. The van der Waals surface area contributed by atoms with Gasteiger partial charge in [0.25, 0.3) is 0 Å². The number of hydrogen-bond donors (Lipinski definition) is 1. The highest BCUT2D eigenvalue weighted by atomic mass is 35.5. The average molecular weight is 555 g/mol. The zero-order chi connectivity index (χ0) is 26.1. The van der Waals surface area contributed by atoms with Crippen molar-refractivity contribution in [1.29, 1.82) is 0 Å². The summed E-state index contributed by atoms with van der Waals surface area (Å²) in [6, 6.07) is 9.44. The molecule has 11 heteroatoms. The first-order valence-electron chi connectivity index (χ1n) is 12.7. The molecule has 3 aliphatic heterocycles. The molecule has 0 aliphatic carbocycles. The summed E-state index contributed by atoms with van der Waals surface area (Å²) in [6.45, 7) is 4.58. The maximum Gasteiger partial charge on any atom is 0.334 e. The van der Waals surface area contributed by atoms with Gasteiger partial charge < -0.3 is 14.6 Å². The van der Waals surface area contributed by atoms with Crippen LogP contribution in [-0.4, -0.2) is 73.7 Å². The monoisotopic (exact) mass is 554 g/mol. The Kier molecular flexibility index (Phi) is 5.65. The summed E-state index contributed by atoms with van der Waals surface area (Å²) in [5, 5.41) is 16.0. The van der Waals surface area contributed by atoms with Gasteiger partial charge >= 0.3 is 5.97 Å². The molecule has 0 radical (unpaired) electrons. The van der Waals surface area contributed by atoms with E-state index in [2.05, 4.69) is 32.0 Å². The fourth-order valence-corrected chi connectivity index (χ4v) is 6.76. The van der Waals surface area contributed by atoms with Gasteiger partial charge in [-0.1, -0.05) is 35.3 Å². The molecule has 2 bridgehead atoms. The topological polar surface area (TPSA) is 79.4 Å². The van der Waals surface area contributed by atoms with Crippen molar-refractivity contribution < 1.29 is 14.3 Å². The van der Waals surface area contributed by atoms with E-state index in [-0.39, 0.29) is 18.7 Å². The highest BCUT2D eigenvalue weighted by molar-refractivity contribution is 6.42. The Balaban J connectivity index is 1.25. The second-order valence-electron chi connectivity index (χ2n) is 10.3. The maximum atomic E-state index is 14.0. The molecule has 4 aromatic rings. The van der Waals surface area contributed by atoms with Crippen LogP contribution in [0.2, 0.25) is 10.0 Å². The van der Waals surface area contributed by atoms with Gasteiger partial charge in [0.2, 0.25) is 0 Å². The summed E-state index contributed by atoms with van der Waals surface area (Å²) < 4.78 is 17.0. The molecular formula is C27H25Cl2FN6O2. The highest BCUT2D eigenvalue weighted by Gasteiger charge is 2.35. The molecule has 2 fully saturated rings. The minimum atomic E-state index is -1.23. The summed E-state index contributed by atoms with van der Waals surface area (Å²) in [5.74, 6) is -1.15. The third kappa shape index (κ3) is 3.79. The molecule has 3 unspecified atom stereocenters. The molecule has 0 saturated carbocycles. The summed E-state index contributed by atoms with van der Waals surface area (Å²) in [5.41, 5.74) is 4.07. The van der Waals surface area contributed by atoms with Crippen LogP contribution in [0.3, 0.4) is 0 Å². The molecule has 5 heterocycles. The van der Waals surface area contributed by atoms with Crippen LogP contribution in [0.15, 0.2) is 42.9 Å². The Hall–Kier alpha value is -3.14. The maximum absolute atomic E-state index is 14.0. The van der Waals surface area contributed by atoms with Gasteiger partial charge in [-0.25, -0.2) is 14.2 Å². The van der Waals surface area contributed by atoms with E-state index >= 15 is 0 Å². The smallest absolute Gasteiger partial charge is 0.334 e. The van der Waals surface area contributed by atoms with Crippen LogP contribution >= 0.6 is 23.2 Å². The lowest BCUT2D eigenvalue weighted by Gasteiger charge is -2.36. The summed E-state index contributed by atoms with van der Waals surface area (Å²) in [4.78, 5) is 21.6. The fourth-order valence-electron chi connectivity index (χ4n) is 6.21. The van der Waals surface area contributed by atoms with E-state index < -0.39 is 18.2 Å². The zero-order valence-electron chi connectivity index (χ0n) is 20.4. The lowest BCUT2D eigenvalue weighted by atomic mass is 10.0. The Labute approximate surface area is 228 Å². The van der Waals surface area contributed by atoms with Crippen LogP contribution in [0.5, 0.6) is 0 Å². The number of imidazole rings is 1. The van der Waals surface area contributed by atoms with Crippen molar-refractivity contribution in [2.45, 2.75) is 37.6 Å². The zero-order valence-corrected chi connectivity index (χ0v) is 21.9. The number of benzene rings is 2. The Bertz CT molecular complexity index is 1570. The number of halogens is 3.